The number of furan rings is 1. The highest BCUT2D eigenvalue weighted by molar-refractivity contribution is 5.98. The molecule has 1 fully saturated rings. The standard InChI is InChI=1S/C31H28F2N4O4/c32-24-8-6-22(7-9-24)20-37(31(40)28-5-2-18-41-28)21-29(38)34-26-10-12-27(13-11-26)35-14-16-36(17-15-35)30(39)23-3-1-4-25(33)19-23/h1-13,18-19H,14-17,20-21H2,(H,34,38). The van der Waals surface area contributed by atoms with Gasteiger partial charge in [0.2, 0.25) is 5.91 Å². The van der Waals surface area contributed by atoms with Crippen molar-refractivity contribution in [3.05, 3.63) is 120 Å². The van der Waals surface area contributed by atoms with Crippen LogP contribution in [0.1, 0.15) is 26.5 Å². The van der Waals surface area contributed by atoms with Gasteiger partial charge >= 0.3 is 0 Å². The first-order chi connectivity index (χ1) is 19.9. The minimum Gasteiger partial charge on any atom is -0.459 e. The lowest BCUT2D eigenvalue weighted by molar-refractivity contribution is -0.117. The van der Waals surface area contributed by atoms with E-state index in [4.69, 9.17) is 4.42 Å². The van der Waals surface area contributed by atoms with Gasteiger partial charge in [0.15, 0.2) is 5.76 Å². The van der Waals surface area contributed by atoms with E-state index in [0.29, 0.717) is 43.0 Å². The summed E-state index contributed by atoms with van der Waals surface area (Å²) in [6, 6.07) is 21.8. The topological polar surface area (TPSA) is 86.1 Å². The molecule has 1 aliphatic rings. The first-order valence-corrected chi connectivity index (χ1v) is 13.1. The van der Waals surface area contributed by atoms with E-state index in [-0.39, 0.29) is 24.8 Å². The number of piperazine rings is 1. The van der Waals surface area contributed by atoms with Crippen molar-refractivity contribution in [1.82, 2.24) is 9.80 Å². The summed E-state index contributed by atoms with van der Waals surface area (Å²) in [5, 5.41) is 2.82. The number of nitrogens with zero attached hydrogens (tertiary/aromatic N) is 3. The number of nitrogens with one attached hydrogen (secondary N) is 1. The summed E-state index contributed by atoms with van der Waals surface area (Å²) in [5.74, 6) is -1.78. The van der Waals surface area contributed by atoms with Crippen LogP contribution >= 0.6 is 0 Å². The fourth-order valence-corrected chi connectivity index (χ4v) is 4.67. The molecule has 5 rings (SSSR count). The molecule has 1 aliphatic heterocycles. The highest BCUT2D eigenvalue weighted by Gasteiger charge is 2.24. The molecule has 0 unspecified atom stereocenters. The van der Waals surface area contributed by atoms with Crippen LogP contribution in [0, 0.1) is 11.6 Å². The molecule has 210 valence electrons. The first kappa shape index (κ1) is 27.6. The smallest absolute Gasteiger partial charge is 0.290 e. The van der Waals surface area contributed by atoms with Crippen LogP contribution in [0.25, 0.3) is 0 Å². The van der Waals surface area contributed by atoms with Gasteiger partial charge in [0.05, 0.1) is 6.26 Å². The Labute approximate surface area is 235 Å². The summed E-state index contributed by atoms with van der Waals surface area (Å²) in [5.41, 5.74) is 2.50. The largest absolute Gasteiger partial charge is 0.459 e. The van der Waals surface area contributed by atoms with E-state index >= 15 is 0 Å². The number of carbonyl (C=O) groups excluding carboxylic acids is 3. The van der Waals surface area contributed by atoms with Gasteiger partial charge in [-0.2, -0.15) is 0 Å². The maximum atomic E-state index is 13.5. The van der Waals surface area contributed by atoms with E-state index < -0.39 is 23.4 Å². The monoisotopic (exact) mass is 558 g/mol. The van der Waals surface area contributed by atoms with E-state index in [1.54, 1.807) is 41.3 Å². The van der Waals surface area contributed by atoms with Crippen molar-refractivity contribution in [3.8, 4) is 0 Å². The molecule has 10 heteroatoms. The fraction of sp³-hybridized carbons (Fsp3) is 0.194. The van der Waals surface area contributed by atoms with E-state index in [2.05, 4.69) is 10.2 Å². The Hall–Kier alpha value is -4.99. The van der Waals surface area contributed by atoms with Crippen LogP contribution in [-0.2, 0) is 11.3 Å². The summed E-state index contributed by atoms with van der Waals surface area (Å²) in [6.45, 7) is 2.09. The molecule has 0 bridgehead atoms. The summed E-state index contributed by atoms with van der Waals surface area (Å²) in [6.07, 6.45) is 1.38. The lowest BCUT2D eigenvalue weighted by Gasteiger charge is -2.36. The molecular weight excluding hydrogens is 530 g/mol. The maximum Gasteiger partial charge on any atom is 0.290 e. The number of rotatable bonds is 8. The molecular formula is C31H28F2N4O4. The SMILES string of the molecule is O=C(CN(Cc1ccc(F)cc1)C(=O)c1ccco1)Nc1ccc(N2CCN(C(=O)c3cccc(F)c3)CC2)cc1. The Morgan fingerprint density at radius 1 is 0.829 bits per heavy atom. The molecule has 0 radical (unpaired) electrons. The van der Waals surface area contributed by atoms with Crippen molar-refractivity contribution in [2.24, 2.45) is 0 Å². The summed E-state index contributed by atoms with van der Waals surface area (Å²) >= 11 is 0. The molecule has 1 saturated heterocycles. The lowest BCUT2D eigenvalue weighted by Crippen LogP contribution is -2.48. The zero-order chi connectivity index (χ0) is 28.8. The van der Waals surface area contributed by atoms with Gasteiger partial charge in [0, 0.05) is 49.7 Å². The molecule has 1 N–H and O–H groups in total. The second-order valence-electron chi connectivity index (χ2n) is 9.65. The van der Waals surface area contributed by atoms with Gasteiger partial charge in [-0.3, -0.25) is 14.4 Å². The van der Waals surface area contributed by atoms with E-state index in [9.17, 15) is 23.2 Å². The van der Waals surface area contributed by atoms with Crippen LogP contribution in [0.5, 0.6) is 0 Å². The van der Waals surface area contributed by atoms with Gasteiger partial charge in [-0.25, -0.2) is 8.78 Å². The van der Waals surface area contributed by atoms with Gasteiger partial charge in [-0.05, 0) is 72.3 Å². The second-order valence-corrected chi connectivity index (χ2v) is 9.65. The molecule has 0 atom stereocenters. The molecule has 2 heterocycles. The highest BCUT2D eigenvalue weighted by atomic mass is 19.1. The normalized spacial score (nSPS) is 13.1. The Morgan fingerprint density at radius 2 is 1.56 bits per heavy atom. The van der Waals surface area contributed by atoms with Crippen molar-refractivity contribution >= 4 is 29.1 Å². The average molecular weight is 559 g/mol. The van der Waals surface area contributed by atoms with Crippen molar-refractivity contribution in [3.63, 3.8) is 0 Å². The average Bonchev–Trinajstić information content (AvgIpc) is 3.53. The minimum atomic E-state index is -0.458. The molecule has 8 nitrogen and oxygen atoms in total. The van der Waals surface area contributed by atoms with E-state index in [0.717, 1.165) is 5.69 Å². The van der Waals surface area contributed by atoms with E-state index in [1.165, 1.54) is 47.6 Å². The third-order valence-corrected chi connectivity index (χ3v) is 6.79. The first-order valence-electron chi connectivity index (χ1n) is 13.1. The number of amides is 3. The number of halogens is 2. The number of benzene rings is 3. The van der Waals surface area contributed by atoms with Gasteiger partial charge in [-0.1, -0.05) is 18.2 Å². The molecule has 0 saturated carbocycles. The summed E-state index contributed by atoms with van der Waals surface area (Å²) in [4.78, 5) is 43.8. The van der Waals surface area contributed by atoms with Gasteiger partial charge in [0.1, 0.15) is 18.2 Å². The molecule has 41 heavy (non-hydrogen) atoms. The van der Waals surface area contributed by atoms with Crippen LogP contribution < -0.4 is 10.2 Å². The lowest BCUT2D eigenvalue weighted by atomic mass is 10.1. The predicted molar refractivity (Wildman–Crippen MR) is 149 cm³/mol. The van der Waals surface area contributed by atoms with Crippen molar-refractivity contribution < 1.29 is 27.6 Å². The summed E-state index contributed by atoms with van der Waals surface area (Å²) < 4.78 is 32.1. The van der Waals surface area contributed by atoms with Gasteiger partial charge < -0.3 is 24.4 Å². The van der Waals surface area contributed by atoms with Crippen LogP contribution in [0.2, 0.25) is 0 Å². The zero-order valence-electron chi connectivity index (χ0n) is 22.1. The molecule has 4 aromatic rings. The molecule has 3 amide bonds. The third-order valence-electron chi connectivity index (χ3n) is 6.79. The molecule has 0 aliphatic carbocycles. The number of hydrogen-bond donors (Lipinski definition) is 1. The Morgan fingerprint density at radius 3 is 2.22 bits per heavy atom. The van der Waals surface area contributed by atoms with Crippen LogP contribution in [0.15, 0.2) is 95.6 Å². The Kier molecular flexibility index (Phi) is 8.38. The van der Waals surface area contributed by atoms with Gasteiger partial charge in [0.25, 0.3) is 11.8 Å². The van der Waals surface area contributed by atoms with Crippen LogP contribution in [0.4, 0.5) is 20.2 Å². The molecule has 0 spiro atoms. The fourth-order valence-electron chi connectivity index (χ4n) is 4.67. The Bertz CT molecular complexity index is 1500. The molecule has 3 aromatic carbocycles. The van der Waals surface area contributed by atoms with Crippen LogP contribution in [-0.4, -0.2) is 60.2 Å². The number of anilines is 2. The quantitative estimate of drug-likeness (QED) is 0.336. The van der Waals surface area contributed by atoms with Crippen molar-refractivity contribution in [1.29, 1.82) is 0 Å². The number of hydrogen-bond acceptors (Lipinski definition) is 5. The predicted octanol–water partition coefficient (Wildman–Crippen LogP) is 4.80. The van der Waals surface area contributed by atoms with Crippen molar-refractivity contribution in [2.75, 3.05) is 42.9 Å². The summed E-state index contributed by atoms with van der Waals surface area (Å²) in [7, 11) is 0. The molecule has 1 aromatic heterocycles. The third kappa shape index (κ3) is 6.96. The van der Waals surface area contributed by atoms with E-state index in [1.807, 2.05) is 12.1 Å². The zero-order valence-corrected chi connectivity index (χ0v) is 22.1. The van der Waals surface area contributed by atoms with Crippen LogP contribution in [0.3, 0.4) is 0 Å². The number of carbonyl (C=O) groups is 3. The Balaban J connectivity index is 1.17. The highest BCUT2D eigenvalue weighted by Crippen LogP contribution is 2.21. The van der Waals surface area contributed by atoms with Gasteiger partial charge in [-0.15, -0.1) is 0 Å². The second kappa shape index (κ2) is 12.5. The van der Waals surface area contributed by atoms with Crippen molar-refractivity contribution in [2.45, 2.75) is 6.54 Å². The maximum absolute atomic E-state index is 13.5. The minimum absolute atomic E-state index is 0.0971.